The fourth-order valence-corrected chi connectivity index (χ4v) is 2.77. The Hall–Kier alpha value is -1.22. The van der Waals surface area contributed by atoms with E-state index in [2.05, 4.69) is 0 Å². The lowest BCUT2D eigenvalue weighted by molar-refractivity contribution is -0.147. The first-order chi connectivity index (χ1) is 8.01. The highest BCUT2D eigenvalue weighted by atomic mass is 35.5. The van der Waals surface area contributed by atoms with Crippen molar-refractivity contribution in [2.24, 2.45) is 0 Å². The second-order valence-electron chi connectivity index (χ2n) is 4.55. The number of hydrogen-bond donors (Lipinski definition) is 1. The van der Waals surface area contributed by atoms with Crippen LogP contribution in [0.25, 0.3) is 0 Å². The lowest BCUT2D eigenvalue weighted by Gasteiger charge is -2.38. The number of rotatable bonds is 3. The molecule has 3 nitrogen and oxygen atoms in total. The molecule has 0 atom stereocenters. The molecule has 0 spiro atoms. The van der Waals surface area contributed by atoms with Crippen molar-refractivity contribution in [3.05, 3.63) is 28.3 Å². The lowest BCUT2D eigenvalue weighted by atomic mass is 9.64. The molecule has 1 fully saturated rings. The van der Waals surface area contributed by atoms with Crippen LogP contribution in [0.5, 0.6) is 5.75 Å². The molecule has 0 unspecified atom stereocenters. The van der Waals surface area contributed by atoms with E-state index in [1.807, 2.05) is 13.0 Å². The molecular formula is C13H15ClO3. The molecule has 1 aliphatic rings. The van der Waals surface area contributed by atoms with Crippen molar-refractivity contribution in [3.63, 3.8) is 0 Å². The van der Waals surface area contributed by atoms with Crippen molar-refractivity contribution < 1.29 is 14.6 Å². The fourth-order valence-electron chi connectivity index (χ4n) is 2.42. The minimum absolute atomic E-state index is 0.482. The quantitative estimate of drug-likeness (QED) is 0.901. The number of ether oxygens (including phenoxy) is 1. The lowest BCUT2D eigenvalue weighted by Crippen LogP contribution is -2.42. The summed E-state index contributed by atoms with van der Waals surface area (Å²) in [6.07, 6.45) is 2.32. The summed E-state index contributed by atoms with van der Waals surface area (Å²) in [4.78, 5) is 11.4. The molecular weight excluding hydrogens is 240 g/mol. The molecule has 0 heterocycles. The molecule has 0 saturated heterocycles. The summed E-state index contributed by atoms with van der Waals surface area (Å²) < 4.78 is 5.18. The maximum absolute atomic E-state index is 11.4. The second-order valence-corrected chi connectivity index (χ2v) is 4.96. The molecule has 1 aromatic carbocycles. The standard InChI is InChI=1S/C13H15ClO3/c1-8-6-9(7-10(14)11(8)17-2)13(12(15)16)4-3-5-13/h6-7H,3-5H2,1-2H3,(H,15,16). The van der Waals surface area contributed by atoms with Crippen LogP contribution in [0.1, 0.15) is 30.4 Å². The number of hydrogen-bond acceptors (Lipinski definition) is 2. The SMILES string of the molecule is COc1c(C)cc(C2(C(=O)O)CCC2)cc1Cl. The van der Waals surface area contributed by atoms with E-state index in [9.17, 15) is 9.90 Å². The van der Waals surface area contributed by atoms with Crippen molar-refractivity contribution in [1.29, 1.82) is 0 Å². The third-order valence-electron chi connectivity index (χ3n) is 3.60. The predicted molar refractivity (Wildman–Crippen MR) is 65.9 cm³/mol. The Labute approximate surface area is 105 Å². The average molecular weight is 255 g/mol. The first-order valence-electron chi connectivity index (χ1n) is 5.59. The second kappa shape index (κ2) is 4.22. The molecule has 0 amide bonds. The largest absolute Gasteiger partial charge is 0.495 e. The molecule has 1 aliphatic carbocycles. The zero-order valence-electron chi connectivity index (χ0n) is 9.92. The minimum atomic E-state index is -0.760. The molecule has 2 rings (SSSR count). The summed E-state index contributed by atoms with van der Waals surface area (Å²) in [5.74, 6) is -0.139. The highest BCUT2D eigenvalue weighted by Crippen LogP contribution is 2.46. The van der Waals surface area contributed by atoms with Crippen LogP contribution in [-0.4, -0.2) is 18.2 Å². The van der Waals surface area contributed by atoms with Gasteiger partial charge in [0.1, 0.15) is 5.75 Å². The molecule has 0 aliphatic heterocycles. The van der Waals surface area contributed by atoms with Crippen molar-refractivity contribution in [1.82, 2.24) is 0 Å². The first kappa shape index (κ1) is 12.2. The van der Waals surface area contributed by atoms with Gasteiger partial charge in [-0.25, -0.2) is 0 Å². The van der Waals surface area contributed by atoms with Gasteiger partial charge >= 0.3 is 5.97 Å². The van der Waals surface area contributed by atoms with Crippen LogP contribution in [0, 0.1) is 6.92 Å². The third-order valence-corrected chi connectivity index (χ3v) is 3.88. The van der Waals surface area contributed by atoms with Gasteiger partial charge in [0, 0.05) is 0 Å². The van der Waals surface area contributed by atoms with Crippen LogP contribution < -0.4 is 4.74 Å². The maximum atomic E-state index is 11.4. The Kier molecular flexibility index (Phi) is 3.04. The Balaban J connectivity index is 2.50. The van der Waals surface area contributed by atoms with E-state index in [1.54, 1.807) is 13.2 Å². The summed E-state index contributed by atoms with van der Waals surface area (Å²) >= 11 is 6.11. The van der Waals surface area contributed by atoms with Crippen molar-refractivity contribution >= 4 is 17.6 Å². The number of halogens is 1. The first-order valence-corrected chi connectivity index (χ1v) is 5.97. The van der Waals surface area contributed by atoms with Gasteiger partial charge in [-0.05, 0) is 37.0 Å². The zero-order valence-corrected chi connectivity index (χ0v) is 10.7. The smallest absolute Gasteiger partial charge is 0.314 e. The van der Waals surface area contributed by atoms with Crippen LogP contribution in [0.2, 0.25) is 5.02 Å². The van der Waals surface area contributed by atoms with Gasteiger partial charge in [0.05, 0.1) is 17.5 Å². The molecule has 4 heteroatoms. The molecule has 1 N–H and O–H groups in total. The zero-order chi connectivity index (χ0) is 12.6. The number of carboxylic acids is 1. The summed E-state index contributed by atoms with van der Waals surface area (Å²) in [5.41, 5.74) is 0.933. The fraction of sp³-hybridized carbons (Fsp3) is 0.462. The van der Waals surface area contributed by atoms with Gasteiger partial charge in [-0.15, -0.1) is 0 Å². The molecule has 92 valence electrons. The molecule has 1 aromatic rings. The Morgan fingerprint density at radius 3 is 2.47 bits per heavy atom. The van der Waals surface area contributed by atoms with E-state index >= 15 is 0 Å². The van der Waals surface area contributed by atoms with Gasteiger partial charge in [0.25, 0.3) is 0 Å². The Bertz CT molecular complexity index is 441. The van der Waals surface area contributed by atoms with E-state index in [0.717, 1.165) is 17.5 Å². The van der Waals surface area contributed by atoms with Crippen molar-refractivity contribution in [2.75, 3.05) is 7.11 Å². The number of aryl methyl sites for hydroxylation is 1. The van der Waals surface area contributed by atoms with Gasteiger partial charge < -0.3 is 9.84 Å². The monoisotopic (exact) mass is 254 g/mol. The number of benzene rings is 1. The highest BCUT2D eigenvalue weighted by molar-refractivity contribution is 6.32. The van der Waals surface area contributed by atoms with Crippen molar-refractivity contribution in [3.8, 4) is 5.75 Å². The van der Waals surface area contributed by atoms with Gasteiger partial charge in [0.2, 0.25) is 0 Å². The van der Waals surface area contributed by atoms with Crippen LogP contribution >= 0.6 is 11.6 Å². The maximum Gasteiger partial charge on any atom is 0.314 e. The third kappa shape index (κ3) is 1.78. The summed E-state index contributed by atoms with van der Waals surface area (Å²) in [6, 6.07) is 3.60. The summed E-state index contributed by atoms with van der Waals surface area (Å²) in [7, 11) is 1.56. The predicted octanol–water partition coefficient (Wildman–Crippen LogP) is 3.16. The molecule has 1 saturated carbocycles. The molecule has 0 aromatic heterocycles. The number of carbonyl (C=O) groups is 1. The summed E-state index contributed by atoms with van der Waals surface area (Å²) in [5, 5.41) is 9.85. The number of methoxy groups -OCH3 is 1. The minimum Gasteiger partial charge on any atom is -0.495 e. The molecule has 0 bridgehead atoms. The van der Waals surface area contributed by atoms with Crippen LogP contribution in [0.4, 0.5) is 0 Å². The van der Waals surface area contributed by atoms with Crippen molar-refractivity contribution in [2.45, 2.75) is 31.6 Å². The normalized spacial score (nSPS) is 17.4. The van der Waals surface area contributed by atoms with Crippen LogP contribution in [0.15, 0.2) is 12.1 Å². The molecule has 17 heavy (non-hydrogen) atoms. The highest BCUT2D eigenvalue weighted by Gasteiger charge is 2.46. The van der Waals surface area contributed by atoms with Gasteiger partial charge in [-0.2, -0.15) is 0 Å². The molecule has 0 radical (unpaired) electrons. The summed E-state index contributed by atoms with van der Waals surface area (Å²) in [6.45, 7) is 1.88. The van der Waals surface area contributed by atoms with E-state index < -0.39 is 11.4 Å². The van der Waals surface area contributed by atoms with E-state index in [0.29, 0.717) is 23.6 Å². The van der Waals surface area contributed by atoms with Gasteiger partial charge in [-0.1, -0.05) is 24.1 Å². The number of carboxylic acid groups (broad SMARTS) is 1. The topological polar surface area (TPSA) is 46.5 Å². The van der Waals surface area contributed by atoms with Crippen LogP contribution in [0.3, 0.4) is 0 Å². The Morgan fingerprint density at radius 1 is 1.47 bits per heavy atom. The average Bonchev–Trinajstić information content (AvgIpc) is 2.14. The van der Waals surface area contributed by atoms with E-state index in [1.165, 1.54) is 0 Å². The Morgan fingerprint density at radius 2 is 2.12 bits per heavy atom. The van der Waals surface area contributed by atoms with Gasteiger partial charge in [0.15, 0.2) is 0 Å². The number of aliphatic carboxylic acids is 1. The van der Waals surface area contributed by atoms with Crippen LogP contribution in [-0.2, 0) is 10.2 Å². The van der Waals surface area contributed by atoms with E-state index in [-0.39, 0.29) is 0 Å². The van der Waals surface area contributed by atoms with Gasteiger partial charge in [-0.3, -0.25) is 4.79 Å². The van der Waals surface area contributed by atoms with E-state index in [4.69, 9.17) is 16.3 Å².